The molecule has 2 N–H and O–H groups in total. The number of hydrogen-bond donors (Lipinski definition) is 2. The smallest absolute Gasteiger partial charge is 0.145 e. The van der Waals surface area contributed by atoms with Crippen molar-refractivity contribution in [2.24, 2.45) is 4.99 Å². The first-order valence-electron chi connectivity index (χ1n) is 10.2. The Bertz CT molecular complexity index is 1390. The summed E-state index contributed by atoms with van der Waals surface area (Å²) in [5.41, 5.74) is 4.31. The van der Waals surface area contributed by atoms with E-state index in [0.717, 1.165) is 50.4 Å². The Morgan fingerprint density at radius 1 is 0.933 bits per heavy atom. The molecule has 0 spiro atoms. The molecule has 30 heavy (non-hydrogen) atoms. The fourth-order valence-electron chi connectivity index (χ4n) is 3.62. The van der Waals surface area contributed by atoms with Gasteiger partial charge in [-0.3, -0.25) is 0 Å². The standard InChI is InChI=1S/C26H23N3O/c1-2-20-12-13-21(27-20)15-25-26(30-17-18-8-4-3-5-9-18)16-24(29-25)23-14-19-10-6-7-11-22(19)28-23/h3-16,27,29H,2,17H2,1H3. The van der Waals surface area contributed by atoms with Crippen LogP contribution in [-0.4, -0.2) is 9.97 Å². The van der Waals surface area contributed by atoms with Crippen molar-refractivity contribution in [3.8, 4) is 5.75 Å². The van der Waals surface area contributed by atoms with Gasteiger partial charge in [-0.1, -0.05) is 55.5 Å². The second-order valence-electron chi connectivity index (χ2n) is 7.37. The van der Waals surface area contributed by atoms with Gasteiger partial charge in [-0.15, -0.1) is 0 Å². The fourth-order valence-corrected chi connectivity index (χ4v) is 3.62. The number of fused-ring (bicyclic) bond motifs is 1. The Morgan fingerprint density at radius 2 is 1.77 bits per heavy atom. The van der Waals surface area contributed by atoms with Crippen molar-refractivity contribution in [1.29, 1.82) is 0 Å². The van der Waals surface area contributed by atoms with Crippen molar-refractivity contribution in [3.05, 3.63) is 111 Å². The molecule has 0 bridgehead atoms. The summed E-state index contributed by atoms with van der Waals surface area (Å²) >= 11 is 0. The third kappa shape index (κ3) is 3.72. The molecule has 0 unspecified atom stereocenters. The molecule has 0 fully saturated rings. The van der Waals surface area contributed by atoms with Crippen molar-refractivity contribution in [3.63, 3.8) is 0 Å². The lowest BCUT2D eigenvalue weighted by Crippen LogP contribution is -2.19. The summed E-state index contributed by atoms with van der Waals surface area (Å²) in [6.07, 6.45) is 5.17. The molecule has 0 aliphatic carbocycles. The van der Waals surface area contributed by atoms with E-state index in [4.69, 9.17) is 9.73 Å². The topological polar surface area (TPSA) is 53.2 Å². The zero-order chi connectivity index (χ0) is 20.3. The number of aromatic amines is 2. The fraction of sp³-hybridized carbons (Fsp3) is 0.115. The zero-order valence-electron chi connectivity index (χ0n) is 16.9. The second kappa shape index (κ2) is 7.91. The van der Waals surface area contributed by atoms with Crippen LogP contribution in [0, 0.1) is 0 Å². The number of rotatable bonds is 5. The summed E-state index contributed by atoms with van der Waals surface area (Å²) in [7, 11) is 0. The summed E-state index contributed by atoms with van der Waals surface area (Å²) in [6, 6.07) is 24.6. The molecule has 4 nitrogen and oxygen atoms in total. The summed E-state index contributed by atoms with van der Waals surface area (Å²) in [6.45, 7) is 2.66. The van der Waals surface area contributed by atoms with E-state index >= 15 is 0 Å². The van der Waals surface area contributed by atoms with Gasteiger partial charge in [0, 0.05) is 22.7 Å². The van der Waals surface area contributed by atoms with E-state index < -0.39 is 0 Å². The molecule has 0 amide bonds. The lowest BCUT2D eigenvalue weighted by Gasteiger charge is -2.03. The summed E-state index contributed by atoms with van der Waals surface area (Å²) in [4.78, 5) is 11.7. The number of nitrogens with one attached hydrogen (secondary N) is 2. The molecule has 0 saturated carbocycles. The zero-order valence-corrected chi connectivity index (χ0v) is 16.9. The van der Waals surface area contributed by atoms with Crippen LogP contribution in [0.1, 0.15) is 23.9 Å². The van der Waals surface area contributed by atoms with Crippen molar-refractivity contribution in [1.82, 2.24) is 9.97 Å². The molecular formula is C26H23N3O. The average Bonchev–Trinajstić information content (AvgIpc) is 3.51. The second-order valence-corrected chi connectivity index (χ2v) is 7.37. The highest BCUT2D eigenvalue weighted by Crippen LogP contribution is 2.09. The van der Waals surface area contributed by atoms with Crippen LogP contribution in [0.15, 0.2) is 77.8 Å². The molecule has 1 aliphatic rings. The lowest BCUT2D eigenvalue weighted by atomic mass is 10.2. The maximum absolute atomic E-state index is 6.20. The molecule has 0 atom stereocenters. The molecule has 2 aromatic carbocycles. The van der Waals surface area contributed by atoms with Crippen LogP contribution in [0.2, 0.25) is 0 Å². The number of aromatic nitrogens is 2. The average molecular weight is 393 g/mol. The van der Waals surface area contributed by atoms with Gasteiger partial charge in [-0.05, 0) is 42.3 Å². The predicted octanol–water partition coefficient (Wildman–Crippen LogP) is 2.54. The first-order chi connectivity index (χ1) is 14.8. The molecule has 2 aromatic heterocycles. The van der Waals surface area contributed by atoms with Crippen molar-refractivity contribution < 1.29 is 4.74 Å². The molecule has 4 aromatic rings. The predicted molar refractivity (Wildman–Crippen MR) is 120 cm³/mol. The van der Waals surface area contributed by atoms with Crippen molar-refractivity contribution in [2.75, 3.05) is 0 Å². The maximum atomic E-state index is 6.20. The molecule has 0 radical (unpaired) electrons. The van der Waals surface area contributed by atoms with E-state index in [0.29, 0.717) is 6.61 Å². The number of ether oxygens (including phenoxy) is 1. The van der Waals surface area contributed by atoms with Crippen LogP contribution in [0.5, 0.6) is 5.75 Å². The minimum absolute atomic E-state index is 0.514. The third-order valence-corrected chi connectivity index (χ3v) is 5.24. The normalized spacial score (nSPS) is 14.9. The lowest BCUT2D eigenvalue weighted by molar-refractivity contribution is 0.304. The molecule has 3 heterocycles. The first kappa shape index (κ1) is 18.3. The van der Waals surface area contributed by atoms with Gasteiger partial charge in [0.1, 0.15) is 12.4 Å². The molecule has 1 aliphatic heterocycles. The van der Waals surface area contributed by atoms with Gasteiger partial charge >= 0.3 is 0 Å². The Hall–Kier alpha value is -3.79. The monoisotopic (exact) mass is 393 g/mol. The van der Waals surface area contributed by atoms with Gasteiger partial charge in [-0.25, -0.2) is 4.99 Å². The number of para-hydroxylation sites is 1. The molecule has 0 saturated heterocycles. The Balaban J connectivity index is 1.59. The van der Waals surface area contributed by atoms with Crippen LogP contribution >= 0.6 is 0 Å². The highest BCUT2D eigenvalue weighted by Gasteiger charge is 2.07. The van der Waals surface area contributed by atoms with E-state index in [1.807, 2.05) is 42.5 Å². The van der Waals surface area contributed by atoms with E-state index in [1.165, 1.54) is 5.69 Å². The van der Waals surface area contributed by atoms with E-state index in [-0.39, 0.29) is 0 Å². The molecule has 4 heteroatoms. The SMILES string of the molecule is CCc1ccc(C=c2[nH]c(=C3C=c4ccccc4=N3)cc2OCc2ccccc2)[nH]1. The van der Waals surface area contributed by atoms with Crippen LogP contribution in [0.3, 0.4) is 0 Å². The Labute approximate surface area is 174 Å². The number of hydrogen-bond acceptors (Lipinski definition) is 2. The summed E-state index contributed by atoms with van der Waals surface area (Å²) in [5, 5.41) is 4.01. The van der Waals surface area contributed by atoms with E-state index in [9.17, 15) is 0 Å². The molecule has 5 rings (SSSR count). The molecule has 148 valence electrons. The maximum Gasteiger partial charge on any atom is 0.145 e. The minimum atomic E-state index is 0.514. The van der Waals surface area contributed by atoms with Crippen molar-refractivity contribution >= 4 is 17.8 Å². The van der Waals surface area contributed by atoms with Crippen LogP contribution in [-0.2, 0) is 13.0 Å². The van der Waals surface area contributed by atoms with Gasteiger partial charge in [0.05, 0.1) is 21.8 Å². The van der Waals surface area contributed by atoms with Crippen LogP contribution in [0.25, 0.3) is 17.8 Å². The first-order valence-corrected chi connectivity index (χ1v) is 10.2. The highest BCUT2D eigenvalue weighted by molar-refractivity contribution is 5.76. The number of nitrogens with zero attached hydrogens (tertiary/aromatic N) is 1. The largest absolute Gasteiger partial charge is 0.487 e. The third-order valence-electron chi connectivity index (χ3n) is 5.24. The highest BCUT2D eigenvalue weighted by atomic mass is 16.5. The van der Waals surface area contributed by atoms with Gasteiger partial charge < -0.3 is 14.7 Å². The Morgan fingerprint density at radius 3 is 2.57 bits per heavy atom. The number of H-pyrrole nitrogens is 2. The van der Waals surface area contributed by atoms with Crippen LogP contribution < -0.4 is 26.0 Å². The van der Waals surface area contributed by atoms with Gasteiger partial charge in [0.15, 0.2) is 0 Å². The number of benzene rings is 2. The number of aryl methyl sites for hydroxylation is 1. The minimum Gasteiger partial charge on any atom is -0.487 e. The molecular weight excluding hydrogens is 370 g/mol. The van der Waals surface area contributed by atoms with Crippen molar-refractivity contribution in [2.45, 2.75) is 20.0 Å². The van der Waals surface area contributed by atoms with E-state index in [1.54, 1.807) is 0 Å². The van der Waals surface area contributed by atoms with Gasteiger partial charge in [-0.2, -0.15) is 0 Å². The van der Waals surface area contributed by atoms with Gasteiger partial charge in [0.25, 0.3) is 0 Å². The summed E-state index contributed by atoms with van der Waals surface area (Å²) < 4.78 is 6.20. The van der Waals surface area contributed by atoms with E-state index in [2.05, 4.69) is 59.4 Å². The van der Waals surface area contributed by atoms with Crippen LogP contribution in [0.4, 0.5) is 0 Å². The van der Waals surface area contributed by atoms with Gasteiger partial charge in [0.2, 0.25) is 0 Å². The summed E-state index contributed by atoms with van der Waals surface area (Å²) in [5.74, 6) is 0.813. The quantitative estimate of drug-likeness (QED) is 0.538. The Kier molecular flexibility index (Phi) is 4.81.